The molecule has 1 saturated heterocycles. The number of nitrogens with zero attached hydrogens (tertiary/aromatic N) is 1. The fraction of sp³-hybridized carbons (Fsp3) is 0.538. The summed E-state index contributed by atoms with van der Waals surface area (Å²) in [7, 11) is 0. The van der Waals surface area contributed by atoms with E-state index in [1.807, 2.05) is 6.92 Å². The van der Waals surface area contributed by atoms with Gasteiger partial charge in [0.1, 0.15) is 0 Å². The van der Waals surface area contributed by atoms with Gasteiger partial charge in [0.05, 0.1) is 0 Å². The van der Waals surface area contributed by atoms with Gasteiger partial charge in [-0.05, 0) is 44.0 Å². The smallest absolute Gasteiger partial charge is 0.0266 e. The van der Waals surface area contributed by atoms with Crippen molar-refractivity contribution in [1.29, 1.82) is 0 Å². The zero-order valence-electron chi connectivity index (χ0n) is 9.45. The van der Waals surface area contributed by atoms with Crippen molar-refractivity contribution in [3.05, 3.63) is 35.4 Å². The maximum absolute atomic E-state index is 5.88. The van der Waals surface area contributed by atoms with Crippen LogP contribution in [-0.4, -0.2) is 18.0 Å². The highest BCUT2D eigenvalue weighted by molar-refractivity contribution is 5.25. The largest absolute Gasteiger partial charge is 0.324 e. The van der Waals surface area contributed by atoms with Gasteiger partial charge in [-0.15, -0.1) is 0 Å². The summed E-state index contributed by atoms with van der Waals surface area (Å²) in [5, 5.41) is 0. The summed E-state index contributed by atoms with van der Waals surface area (Å²) >= 11 is 0. The van der Waals surface area contributed by atoms with Crippen LogP contribution in [-0.2, 0) is 6.54 Å². The summed E-state index contributed by atoms with van der Waals surface area (Å²) in [6.45, 7) is 5.63. The zero-order chi connectivity index (χ0) is 10.7. The first-order valence-electron chi connectivity index (χ1n) is 5.82. The quantitative estimate of drug-likeness (QED) is 0.818. The SMILES string of the molecule is C[C@@H](N)c1cccc(CN2CCCC2)c1. The third-order valence-corrected chi connectivity index (χ3v) is 3.08. The van der Waals surface area contributed by atoms with Gasteiger partial charge in [0.15, 0.2) is 0 Å². The van der Waals surface area contributed by atoms with Crippen LogP contribution < -0.4 is 5.73 Å². The first kappa shape index (κ1) is 10.7. The minimum Gasteiger partial charge on any atom is -0.324 e. The second-order valence-corrected chi connectivity index (χ2v) is 4.52. The zero-order valence-corrected chi connectivity index (χ0v) is 9.45. The molecule has 1 aromatic rings. The van der Waals surface area contributed by atoms with Gasteiger partial charge in [0, 0.05) is 12.6 Å². The van der Waals surface area contributed by atoms with E-state index in [1.54, 1.807) is 0 Å². The third-order valence-electron chi connectivity index (χ3n) is 3.08. The maximum Gasteiger partial charge on any atom is 0.0266 e. The molecule has 0 bridgehead atoms. The number of rotatable bonds is 3. The third kappa shape index (κ3) is 2.80. The van der Waals surface area contributed by atoms with Gasteiger partial charge >= 0.3 is 0 Å². The molecule has 82 valence electrons. The summed E-state index contributed by atoms with van der Waals surface area (Å²) in [6.07, 6.45) is 2.71. The molecular weight excluding hydrogens is 184 g/mol. The van der Waals surface area contributed by atoms with E-state index in [0.29, 0.717) is 0 Å². The van der Waals surface area contributed by atoms with Crippen molar-refractivity contribution in [3.8, 4) is 0 Å². The maximum atomic E-state index is 5.88. The Balaban J connectivity index is 2.04. The Morgan fingerprint density at radius 2 is 2.07 bits per heavy atom. The number of nitrogens with two attached hydrogens (primary N) is 1. The normalized spacial score (nSPS) is 19.3. The molecule has 0 spiro atoms. The van der Waals surface area contributed by atoms with Crippen LogP contribution in [0.15, 0.2) is 24.3 Å². The number of benzene rings is 1. The predicted molar refractivity (Wildman–Crippen MR) is 63.6 cm³/mol. The van der Waals surface area contributed by atoms with E-state index in [2.05, 4.69) is 29.2 Å². The van der Waals surface area contributed by atoms with E-state index in [-0.39, 0.29) is 6.04 Å². The molecule has 2 heteroatoms. The second kappa shape index (κ2) is 4.77. The first-order chi connectivity index (χ1) is 7.25. The molecule has 1 aliphatic heterocycles. The van der Waals surface area contributed by atoms with Crippen molar-refractivity contribution in [2.45, 2.75) is 32.4 Å². The van der Waals surface area contributed by atoms with Gasteiger partial charge in [0.2, 0.25) is 0 Å². The Morgan fingerprint density at radius 3 is 2.73 bits per heavy atom. The van der Waals surface area contributed by atoms with Crippen LogP contribution in [0.5, 0.6) is 0 Å². The molecule has 1 fully saturated rings. The summed E-state index contributed by atoms with van der Waals surface area (Å²) in [6, 6.07) is 8.80. The Bertz CT molecular complexity index is 314. The van der Waals surface area contributed by atoms with E-state index in [4.69, 9.17) is 5.73 Å². The van der Waals surface area contributed by atoms with Crippen LogP contribution in [0.4, 0.5) is 0 Å². The Hall–Kier alpha value is -0.860. The highest BCUT2D eigenvalue weighted by atomic mass is 15.1. The van der Waals surface area contributed by atoms with Gasteiger partial charge in [-0.25, -0.2) is 0 Å². The Kier molecular flexibility index (Phi) is 3.39. The van der Waals surface area contributed by atoms with Gasteiger partial charge < -0.3 is 5.73 Å². The molecule has 0 amide bonds. The van der Waals surface area contributed by atoms with E-state index in [1.165, 1.54) is 37.1 Å². The fourth-order valence-electron chi connectivity index (χ4n) is 2.17. The fourth-order valence-corrected chi connectivity index (χ4v) is 2.17. The standard InChI is InChI=1S/C13H20N2/c1-11(14)13-6-4-5-12(9-13)10-15-7-2-3-8-15/h4-6,9,11H,2-3,7-8,10,14H2,1H3/t11-/m1/s1. The minimum atomic E-state index is 0.142. The van der Waals surface area contributed by atoms with Crippen LogP contribution >= 0.6 is 0 Å². The molecule has 1 aromatic carbocycles. The molecule has 1 heterocycles. The van der Waals surface area contributed by atoms with Crippen molar-refractivity contribution in [1.82, 2.24) is 4.90 Å². The van der Waals surface area contributed by atoms with E-state index in [9.17, 15) is 0 Å². The molecule has 0 aliphatic carbocycles. The lowest BCUT2D eigenvalue weighted by Crippen LogP contribution is -2.18. The van der Waals surface area contributed by atoms with Gasteiger partial charge in [0.25, 0.3) is 0 Å². The number of hydrogen-bond donors (Lipinski definition) is 1. The minimum absolute atomic E-state index is 0.142. The second-order valence-electron chi connectivity index (χ2n) is 4.52. The average Bonchev–Trinajstić information content (AvgIpc) is 2.71. The molecule has 2 N–H and O–H groups in total. The molecule has 1 aliphatic rings. The molecule has 2 rings (SSSR count). The monoisotopic (exact) mass is 204 g/mol. The van der Waals surface area contributed by atoms with Gasteiger partial charge in [-0.2, -0.15) is 0 Å². The predicted octanol–water partition coefficient (Wildman–Crippen LogP) is 2.30. The molecule has 1 atom stereocenters. The van der Waals surface area contributed by atoms with E-state index in [0.717, 1.165) is 6.54 Å². The summed E-state index contributed by atoms with van der Waals surface area (Å²) < 4.78 is 0. The lowest BCUT2D eigenvalue weighted by atomic mass is 10.1. The molecule has 0 saturated carbocycles. The highest BCUT2D eigenvalue weighted by Crippen LogP contribution is 2.16. The van der Waals surface area contributed by atoms with Gasteiger partial charge in [-0.3, -0.25) is 4.90 Å². The molecule has 0 radical (unpaired) electrons. The summed E-state index contributed by atoms with van der Waals surface area (Å²) in [5.74, 6) is 0. The molecular formula is C13H20N2. The van der Waals surface area contributed by atoms with Crippen molar-refractivity contribution in [2.75, 3.05) is 13.1 Å². The Morgan fingerprint density at radius 1 is 1.33 bits per heavy atom. The summed E-state index contributed by atoms with van der Waals surface area (Å²) in [4.78, 5) is 2.51. The van der Waals surface area contributed by atoms with Crippen molar-refractivity contribution < 1.29 is 0 Å². The van der Waals surface area contributed by atoms with E-state index >= 15 is 0 Å². The van der Waals surface area contributed by atoms with Crippen molar-refractivity contribution >= 4 is 0 Å². The van der Waals surface area contributed by atoms with Crippen molar-refractivity contribution in [2.24, 2.45) is 5.73 Å². The van der Waals surface area contributed by atoms with Crippen LogP contribution in [0.2, 0.25) is 0 Å². The van der Waals surface area contributed by atoms with Gasteiger partial charge in [-0.1, -0.05) is 24.3 Å². The first-order valence-corrected chi connectivity index (χ1v) is 5.82. The van der Waals surface area contributed by atoms with Crippen LogP contribution in [0.1, 0.15) is 36.9 Å². The lowest BCUT2D eigenvalue weighted by Gasteiger charge is -2.15. The lowest BCUT2D eigenvalue weighted by molar-refractivity contribution is 0.331. The topological polar surface area (TPSA) is 29.3 Å². The number of hydrogen-bond acceptors (Lipinski definition) is 2. The number of likely N-dealkylation sites (tertiary alicyclic amines) is 1. The molecule has 0 unspecified atom stereocenters. The Labute approximate surface area is 92.1 Å². The van der Waals surface area contributed by atoms with Crippen LogP contribution in [0, 0.1) is 0 Å². The highest BCUT2D eigenvalue weighted by Gasteiger charge is 2.11. The van der Waals surface area contributed by atoms with Crippen LogP contribution in [0.3, 0.4) is 0 Å². The van der Waals surface area contributed by atoms with E-state index < -0.39 is 0 Å². The van der Waals surface area contributed by atoms with Crippen LogP contribution in [0.25, 0.3) is 0 Å². The molecule has 0 aromatic heterocycles. The summed E-state index contributed by atoms with van der Waals surface area (Å²) in [5.41, 5.74) is 8.51. The average molecular weight is 204 g/mol. The molecule has 15 heavy (non-hydrogen) atoms. The van der Waals surface area contributed by atoms with Crippen molar-refractivity contribution in [3.63, 3.8) is 0 Å². The molecule has 2 nitrogen and oxygen atoms in total.